The van der Waals surface area contributed by atoms with Crippen LogP contribution in [0.4, 0.5) is 0 Å². The molecule has 0 atom stereocenters. The fraction of sp³-hybridized carbons (Fsp3) is 0.474. The average molecular weight is 873 g/mol. The van der Waals surface area contributed by atoms with Crippen LogP contribution in [0.25, 0.3) is 21.5 Å². The van der Waals surface area contributed by atoms with Crippen LogP contribution in [0, 0.1) is 0 Å². The summed E-state index contributed by atoms with van der Waals surface area (Å²) in [6, 6.07) is 19.1. The first-order chi connectivity index (χ1) is 26.8. The summed E-state index contributed by atoms with van der Waals surface area (Å²) in [5.74, 6) is 3.55. The van der Waals surface area contributed by atoms with Gasteiger partial charge in [-0.3, -0.25) is 0 Å². The highest BCUT2D eigenvalue weighted by Gasteiger charge is 2.28. The van der Waals surface area contributed by atoms with Gasteiger partial charge in [-0.05, 0) is 22.2 Å². The standard InChI is InChI=1S/C38H48O9S7/c39-9-11-41-13-15-43-17-19-45-21-24-49-35-36(50-25-22-46-20-18-44-16-14-42-12-10-40)54-38(53-35)37-51-28-33(52-37)48-26-23-47-34-31-7-3-1-5-29(31)27-30-6-2-4-8-32(30)34/h1-8,27-28,39-40H,9-26H2. The van der Waals surface area contributed by atoms with Crippen LogP contribution in [-0.4, -0.2) is 127 Å². The Labute approximate surface area is 348 Å². The smallest absolute Gasteiger partial charge is 0.134 e. The van der Waals surface area contributed by atoms with Gasteiger partial charge in [0.05, 0.1) is 120 Å². The minimum absolute atomic E-state index is 0.0245. The van der Waals surface area contributed by atoms with Gasteiger partial charge in [-0.2, -0.15) is 0 Å². The number of thioether (sulfide) groups is 7. The molecule has 0 radical (unpaired) electrons. The van der Waals surface area contributed by atoms with Crippen molar-refractivity contribution in [2.75, 3.05) is 116 Å². The SMILES string of the molecule is OCCOCCOCCOCCSC1=C(SCCOCCOCCOCCO)SC(=C2SC=C(SCCOc3c4ccccc4cc4ccccc34)S2)S1. The van der Waals surface area contributed by atoms with E-state index < -0.39 is 0 Å². The summed E-state index contributed by atoms with van der Waals surface area (Å²) in [6.45, 7) is 6.70. The summed E-state index contributed by atoms with van der Waals surface area (Å²) in [7, 11) is 0. The van der Waals surface area contributed by atoms with Crippen LogP contribution in [0.1, 0.15) is 0 Å². The highest BCUT2D eigenvalue weighted by molar-refractivity contribution is 8.43. The Morgan fingerprint density at radius 1 is 0.481 bits per heavy atom. The number of benzene rings is 3. The molecular formula is C38H48O9S7. The van der Waals surface area contributed by atoms with Crippen LogP contribution in [0.2, 0.25) is 0 Å². The molecule has 0 amide bonds. The lowest BCUT2D eigenvalue weighted by Crippen LogP contribution is -2.11. The number of rotatable bonds is 29. The molecule has 3 aromatic rings. The van der Waals surface area contributed by atoms with Crippen LogP contribution in [0.15, 0.2) is 81.2 Å². The van der Waals surface area contributed by atoms with Gasteiger partial charge >= 0.3 is 0 Å². The molecule has 2 aliphatic heterocycles. The molecule has 0 saturated carbocycles. The van der Waals surface area contributed by atoms with Crippen molar-refractivity contribution in [3.8, 4) is 5.75 Å². The molecule has 54 heavy (non-hydrogen) atoms. The highest BCUT2D eigenvalue weighted by Crippen LogP contribution is 2.63. The van der Waals surface area contributed by atoms with Gasteiger partial charge in [0.2, 0.25) is 0 Å². The van der Waals surface area contributed by atoms with E-state index in [1.807, 2.05) is 82.3 Å². The maximum Gasteiger partial charge on any atom is 0.134 e. The lowest BCUT2D eigenvalue weighted by Gasteiger charge is -2.13. The summed E-state index contributed by atoms with van der Waals surface area (Å²) in [4.78, 5) is 0. The van der Waals surface area contributed by atoms with Gasteiger partial charge in [0.1, 0.15) is 5.75 Å². The molecule has 9 nitrogen and oxygen atoms in total. The van der Waals surface area contributed by atoms with Gasteiger partial charge in [0.15, 0.2) is 0 Å². The third-order valence-electron chi connectivity index (χ3n) is 7.34. The number of hydrogen-bond donors (Lipinski definition) is 2. The number of fused-ring (bicyclic) bond motifs is 2. The predicted molar refractivity (Wildman–Crippen MR) is 236 cm³/mol. The van der Waals surface area contributed by atoms with E-state index in [1.165, 1.54) is 32.0 Å². The van der Waals surface area contributed by atoms with Crippen LogP contribution >= 0.6 is 82.3 Å². The Morgan fingerprint density at radius 3 is 1.46 bits per heavy atom. The first-order valence-corrected chi connectivity index (χ1v) is 24.0. The molecule has 3 aromatic carbocycles. The number of hydrogen-bond acceptors (Lipinski definition) is 16. The lowest BCUT2D eigenvalue weighted by molar-refractivity contribution is 0.0100. The normalized spacial score (nSPS) is 14.7. The molecule has 0 fully saturated rings. The van der Waals surface area contributed by atoms with Gasteiger partial charge in [0, 0.05) is 28.0 Å². The molecule has 0 saturated heterocycles. The minimum Gasteiger partial charge on any atom is -0.491 e. The fourth-order valence-electron chi connectivity index (χ4n) is 4.94. The zero-order chi connectivity index (χ0) is 37.5. The van der Waals surface area contributed by atoms with Gasteiger partial charge in [-0.25, -0.2) is 0 Å². The summed E-state index contributed by atoms with van der Waals surface area (Å²) in [5, 5.41) is 24.5. The quantitative estimate of drug-likeness (QED) is 0.0513. The van der Waals surface area contributed by atoms with E-state index in [2.05, 4.69) is 60.0 Å². The monoisotopic (exact) mass is 872 g/mol. The van der Waals surface area contributed by atoms with Crippen LogP contribution in [-0.2, 0) is 28.4 Å². The van der Waals surface area contributed by atoms with Crippen molar-refractivity contribution in [3.63, 3.8) is 0 Å². The molecule has 2 aliphatic rings. The second-order valence-corrected chi connectivity index (χ2v) is 19.8. The van der Waals surface area contributed by atoms with E-state index in [9.17, 15) is 0 Å². The van der Waals surface area contributed by atoms with Gasteiger partial charge in [-0.1, -0.05) is 95.6 Å². The zero-order valence-corrected chi connectivity index (χ0v) is 35.8. The molecule has 0 bridgehead atoms. The second kappa shape index (κ2) is 27.1. The summed E-state index contributed by atoms with van der Waals surface area (Å²) in [6.07, 6.45) is 0. The highest BCUT2D eigenvalue weighted by atomic mass is 32.3. The van der Waals surface area contributed by atoms with E-state index in [0.717, 1.165) is 33.8 Å². The number of aliphatic hydroxyl groups excluding tert-OH is 2. The van der Waals surface area contributed by atoms with Gasteiger partial charge in [-0.15, -0.1) is 35.3 Å². The summed E-state index contributed by atoms with van der Waals surface area (Å²) >= 11 is 12.9. The molecule has 2 N–H and O–H groups in total. The van der Waals surface area contributed by atoms with Crippen molar-refractivity contribution in [1.82, 2.24) is 0 Å². The molecular weight excluding hydrogens is 825 g/mol. The maximum atomic E-state index is 8.77. The molecule has 0 aromatic heterocycles. The predicted octanol–water partition coefficient (Wildman–Crippen LogP) is 8.67. The van der Waals surface area contributed by atoms with Crippen LogP contribution in [0.5, 0.6) is 5.75 Å². The van der Waals surface area contributed by atoms with E-state index >= 15 is 0 Å². The lowest BCUT2D eigenvalue weighted by atomic mass is 10.0. The van der Waals surface area contributed by atoms with Gasteiger partial charge in [0.25, 0.3) is 0 Å². The molecule has 16 heteroatoms. The number of ether oxygens (including phenoxy) is 7. The van der Waals surface area contributed by atoms with Crippen LogP contribution < -0.4 is 4.74 Å². The average Bonchev–Trinajstić information content (AvgIpc) is 3.84. The van der Waals surface area contributed by atoms with Crippen molar-refractivity contribution in [2.45, 2.75) is 0 Å². The molecule has 0 spiro atoms. The molecule has 296 valence electrons. The molecule has 5 rings (SSSR count). The van der Waals surface area contributed by atoms with E-state index in [4.69, 9.17) is 43.4 Å². The molecule has 0 unspecified atom stereocenters. The third kappa shape index (κ3) is 15.6. The summed E-state index contributed by atoms with van der Waals surface area (Å²) in [5.41, 5.74) is 0. The zero-order valence-electron chi connectivity index (χ0n) is 30.1. The van der Waals surface area contributed by atoms with E-state index in [1.54, 1.807) is 0 Å². The Balaban J connectivity index is 1.05. The van der Waals surface area contributed by atoms with E-state index in [-0.39, 0.29) is 13.2 Å². The largest absolute Gasteiger partial charge is 0.491 e. The fourth-order valence-corrected chi connectivity index (χ4v) is 14.5. The van der Waals surface area contributed by atoms with Gasteiger partial charge < -0.3 is 43.4 Å². The first-order valence-electron chi connectivity index (χ1n) is 17.8. The van der Waals surface area contributed by atoms with Crippen molar-refractivity contribution in [2.24, 2.45) is 0 Å². The topological polar surface area (TPSA) is 105 Å². The Morgan fingerprint density at radius 2 is 0.944 bits per heavy atom. The van der Waals surface area contributed by atoms with E-state index in [0.29, 0.717) is 85.9 Å². The van der Waals surface area contributed by atoms with Crippen molar-refractivity contribution >= 4 is 104 Å². The minimum atomic E-state index is 0.0245. The summed E-state index contributed by atoms with van der Waals surface area (Å²) < 4.78 is 46.2. The first kappa shape index (κ1) is 44.4. The van der Waals surface area contributed by atoms with Crippen molar-refractivity contribution in [3.05, 3.63) is 81.2 Å². The Bertz CT molecular complexity index is 1560. The van der Waals surface area contributed by atoms with Crippen molar-refractivity contribution < 1.29 is 43.4 Å². The molecule has 0 aliphatic carbocycles. The van der Waals surface area contributed by atoms with Crippen molar-refractivity contribution in [1.29, 1.82) is 0 Å². The second-order valence-electron chi connectivity index (χ2n) is 11.2. The third-order valence-corrected chi connectivity index (χ3v) is 17.0. The Kier molecular flexibility index (Phi) is 22.3. The maximum absolute atomic E-state index is 8.77. The Hall–Kier alpha value is -0.670. The molecule has 2 heterocycles. The number of aliphatic hydroxyl groups is 2. The van der Waals surface area contributed by atoms with Crippen LogP contribution in [0.3, 0.4) is 0 Å².